The third-order valence-corrected chi connectivity index (χ3v) is 6.86. The number of unbranched alkanes of at least 4 members (excludes halogenated alkanes) is 4. The van der Waals surface area contributed by atoms with Crippen molar-refractivity contribution in [2.75, 3.05) is 26.4 Å². The maximum Gasteiger partial charge on any atom is 0.303 e. The van der Waals surface area contributed by atoms with Crippen LogP contribution in [0.2, 0.25) is 0 Å². The summed E-state index contributed by atoms with van der Waals surface area (Å²) in [4.78, 5) is 12.2. The second-order valence-electron chi connectivity index (χ2n) is 10.4. The Kier molecular flexibility index (Phi) is 13.4. The van der Waals surface area contributed by atoms with Crippen molar-refractivity contribution in [3.63, 3.8) is 0 Å². The van der Waals surface area contributed by atoms with Crippen LogP contribution in [0.4, 0.5) is 0 Å². The minimum atomic E-state index is -1.19. The number of benzene rings is 2. The van der Waals surface area contributed by atoms with Crippen molar-refractivity contribution < 1.29 is 38.3 Å². The first-order valence-corrected chi connectivity index (χ1v) is 15.3. The van der Waals surface area contributed by atoms with Gasteiger partial charge in [0.15, 0.2) is 23.7 Å². The molecule has 1 aliphatic rings. The summed E-state index contributed by atoms with van der Waals surface area (Å²) in [6.45, 7) is 11.9. The Hall–Kier alpha value is -3.13. The summed E-state index contributed by atoms with van der Waals surface area (Å²) in [5.74, 6) is 2.27. The number of aliphatic hydroxyl groups is 1. The minimum absolute atomic E-state index is 0.448. The Bertz CT molecular complexity index is 1090. The molecule has 0 spiro atoms. The molecule has 0 fully saturated rings. The van der Waals surface area contributed by atoms with E-state index in [9.17, 15) is 9.90 Å². The number of fused-ring (bicyclic) bond motifs is 1. The quantitative estimate of drug-likeness (QED) is 0.145. The molecule has 8 nitrogen and oxygen atoms in total. The number of rotatable bonds is 18. The third-order valence-electron chi connectivity index (χ3n) is 6.86. The summed E-state index contributed by atoms with van der Waals surface area (Å²) in [5, 5.41) is 11.6. The smallest absolute Gasteiger partial charge is 0.303 e. The Labute approximate surface area is 245 Å². The van der Waals surface area contributed by atoms with Crippen LogP contribution in [0.5, 0.6) is 28.7 Å². The van der Waals surface area contributed by atoms with Crippen molar-refractivity contribution in [2.45, 2.75) is 104 Å². The predicted octanol–water partition coefficient (Wildman–Crippen LogP) is 7.50. The molecule has 41 heavy (non-hydrogen) atoms. The van der Waals surface area contributed by atoms with Crippen LogP contribution >= 0.6 is 0 Å². The average Bonchev–Trinajstić information content (AvgIpc) is 2.95. The van der Waals surface area contributed by atoms with Crippen molar-refractivity contribution in [2.24, 2.45) is 0 Å². The molecular weight excluding hydrogens is 524 g/mol. The Morgan fingerprint density at radius 2 is 1.32 bits per heavy atom. The van der Waals surface area contributed by atoms with Gasteiger partial charge in [0.1, 0.15) is 23.4 Å². The number of esters is 1. The van der Waals surface area contributed by atoms with Gasteiger partial charge in [0.25, 0.3) is 0 Å². The maximum atomic E-state index is 12.2. The van der Waals surface area contributed by atoms with Gasteiger partial charge >= 0.3 is 5.97 Å². The van der Waals surface area contributed by atoms with Crippen molar-refractivity contribution in [3.8, 4) is 28.7 Å². The van der Waals surface area contributed by atoms with E-state index in [4.69, 9.17) is 28.4 Å². The average molecular weight is 573 g/mol. The highest BCUT2D eigenvalue weighted by atomic mass is 16.6. The van der Waals surface area contributed by atoms with E-state index < -0.39 is 24.3 Å². The summed E-state index contributed by atoms with van der Waals surface area (Å²) < 4.78 is 36.4. The summed E-state index contributed by atoms with van der Waals surface area (Å²) in [6.07, 6.45) is 4.59. The van der Waals surface area contributed by atoms with Crippen LogP contribution in [0.3, 0.4) is 0 Å². The molecule has 0 aromatic heterocycles. The lowest BCUT2D eigenvalue weighted by atomic mass is 9.91. The largest absolute Gasteiger partial charge is 0.493 e. The number of ether oxygens (including phenoxy) is 6. The molecular formula is C33H48O8. The Morgan fingerprint density at radius 1 is 0.756 bits per heavy atom. The fraction of sp³-hybridized carbons (Fsp3) is 0.606. The molecule has 3 rings (SSSR count). The summed E-state index contributed by atoms with van der Waals surface area (Å²) >= 11 is 0. The van der Waals surface area contributed by atoms with Crippen molar-refractivity contribution in [1.29, 1.82) is 0 Å². The Morgan fingerprint density at radius 3 is 1.90 bits per heavy atom. The van der Waals surface area contributed by atoms with E-state index >= 15 is 0 Å². The number of hydrogen-bond donors (Lipinski definition) is 1. The molecule has 2 aromatic carbocycles. The van der Waals surface area contributed by atoms with Crippen LogP contribution in [0.1, 0.15) is 109 Å². The number of carbonyl (C=O) groups is 1. The number of hydrogen-bond acceptors (Lipinski definition) is 8. The van der Waals surface area contributed by atoms with Gasteiger partial charge in [0.05, 0.1) is 32.0 Å². The fourth-order valence-electron chi connectivity index (χ4n) is 4.51. The lowest BCUT2D eigenvalue weighted by molar-refractivity contribution is -0.160. The first-order chi connectivity index (χ1) is 19.9. The molecule has 1 N–H and O–H groups in total. The second kappa shape index (κ2) is 17.0. The molecule has 8 heteroatoms. The fourth-order valence-corrected chi connectivity index (χ4v) is 4.51. The maximum absolute atomic E-state index is 12.2. The van der Waals surface area contributed by atoms with Gasteiger partial charge in [-0.3, -0.25) is 4.79 Å². The topological polar surface area (TPSA) is 92.7 Å². The van der Waals surface area contributed by atoms with Gasteiger partial charge in [-0.1, -0.05) is 59.4 Å². The van der Waals surface area contributed by atoms with Gasteiger partial charge in [-0.15, -0.1) is 0 Å². The molecule has 0 saturated heterocycles. The molecule has 0 radical (unpaired) electrons. The van der Waals surface area contributed by atoms with Crippen LogP contribution in [0.15, 0.2) is 30.3 Å². The van der Waals surface area contributed by atoms with Crippen LogP contribution in [0, 0.1) is 0 Å². The molecule has 0 saturated carbocycles. The molecule has 0 aliphatic carbocycles. The molecule has 1 heterocycles. The highest BCUT2D eigenvalue weighted by Crippen LogP contribution is 2.50. The lowest BCUT2D eigenvalue weighted by Crippen LogP contribution is -2.37. The van der Waals surface area contributed by atoms with Gasteiger partial charge in [-0.2, -0.15) is 0 Å². The predicted molar refractivity (Wildman–Crippen MR) is 158 cm³/mol. The third kappa shape index (κ3) is 9.18. The van der Waals surface area contributed by atoms with Crippen LogP contribution in [-0.4, -0.2) is 43.6 Å². The van der Waals surface area contributed by atoms with Crippen molar-refractivity contribution in [3.05, 3.63) is 41.5 Å². The first-order valence-electron chi connectivity index (χ1n) is 15.3. The first kappa shape index (κ1) is 32.4. The molecule has 3 unspecified atom stereocenters. The SMILES string of the molecule is CCCCOc1cc(OCCCC)c2c(c1)OC(c1ccc(OCCCC)c(OCCCC)c1)C(O)C2OC(C)=O. The zero-order chi connectivity index (χ0) is 29.6. The Balaban J connectivity index is 2.03. The highest BCUT2D eigenvalue weighted by Gasteiger charge is 2.43. The van der Waals surface area contributed by atoms with Crippen molar-refractivity contribution >= 4 is 5.97 Å². The number of carbonyl (C=O) groups excluding carboxylic acids is 1. The molecule has 228 valence electrons. The summed E-state index contributed by atoms with van der Waals surface area (Å²) in [7, 11) is 0. The van der Waals surface area contributed by atoms with Gasteiger partial charge < -0.3 is 33.5 Å². The van der Waals surface area contributed by atoms with E-state index in [-0.39, 0.29) is 0 Å². The van der Waals surface area contributed by atoms with E-state index in [2.05, 4.69) is 27.7 Å². The van der Waals surface area contributed by atoms with E-state index in [0.29, 0.717) is 66.3 Å². The zero-order valence-electron chi connectivity index (χ0n) is 25.4. The van der Waals surface area contributed by atoms with Crippen LogP contribution < -0.4 is 23.7 Å². The summed E-state index contributed by atoms with van der Waals surface area (Å²) in [5.41, 5.74) is 1.18. The van der Waals surface area contributed by atoms with Crippen LogP contribution in [-0.2, 0) is 9.53 Å². The van der Waals surface area contributed by atoms with E-state index in [1.807, 2.05) is 18.2 Å². The molecule has 0 bridgehead atoms. The van der Waals surface area contributed by atoms with Gasteiger partial charge in [0.2, 0.25) is 0 Å². The zero-order valence-corrected chi connectivity index (χ0v) is 25.4. The second-order valence-corrected chi connectivity index (χ2v) is 10.4. The monoisotopic (exact) mass is 572 g/mol. The van der Waals surface area contributed by atoms with Gasteiger partial charge in [-0.05, 0) is 43.4 Å². The normalized spacial score (nSPS) is 17.8. The standard InChI is InChI=1S/C33H48O8/c1-6-10-16-36-25-21-28(39-19-13-9-4)30-29(22-25)41-32(31(35)33(30)40-23(5)34)24-14-15-26(37-17-11-7-2)27(20-24)38-18-12-8-3/h14-15,20-22,31-33,35H,6-13,16-19H2,1-5H3. The van der Waals surface area contributed by atoms with E-state index in [0.717, 1.165) is 51.4 Å². The van der Waals surface area contributed by atoms with Crippen LogP contribution in [0.25, 0.3) is 0 Å². The molecule has 2 aromatic rings. The molecule has 0 amide bonds. The molecule has 3 atom stereocenters. The van der Waals surface area contributed by atoms with E-state index in [1.54, 1.807) is 12.1 Å². The number of aliphatic hydroxyl groups excluding tert-OH is 1. The van der Waals surface area contributed by atoms with Gasteiger partial charge in [0, 0.05) is 19.1 Å². The lowest BCUT2D eigenvalue weighted by Gasteiger charge is -2.37. The van der Waals surface area contributed by atoms with Gasteiger partial charge in [-0.25, -0.2) is 0 Å². The summed E-state index contributed by atoms with van der Waals surface area (Å²) in [6, 6.07) is 9.13. The minimum Gasteiger partial charge on any atom is -0.493 e. The van der Waals surface area contributed by atoms with E-state index in [1.165, 1.54) is 6.92 Å². The molecule has 1 aliphatic heterocycles. The highest BCUT2D eigenvalue weighted by molar-refractivity contribution is 5.67. The van der Waals surface area contributed by atoms with Crippen molar-refractivity contribution in [1.82, 2.24) is 0 Å².